The van der Waals surface area contributed by atoms with Crippen LogP contribution in [0.25, 0.3) is 0 Å². The highest BCUT2D eigenvalue weighted by Gasteiger charge is 2.11. The molecular weight excluding hydrogens is 130 g/mol. The van der Waals surface area contributed by atoms with Crippen molar-refractivity contribution in [2.75, 3.05) is 20.6 Å². The van der Waals surface area contributed by atoms with Crippen molar-refractivity contribution in [3.8, 4) is 0 Å². The Bertz CT molecular complexity index is 174. The zero-order valence-corrected chi connectivity index (χ0v) is 6.22. The predicted molar refractivity (Wildman–Crippen MR) is 38.7 cm³/mol. The number of hydrogen-bond acceptors (Lipinski definition) is 3. The number of aliphatic imine (C=N–C) groups is 1. The van der Waals surface area contributed by atoms with Gasteiger partial charge in [0.05, 0.1) is 6.54 Å². The van der Waals surface area contributed by atoms with E-state index < -0.39 is 0 Å². The third-order valence-corrected chi connectivity index (χ3v) is 1.28. The van der Waals surface area contributed by atoms with E-state index in [4.69, 9.17) is 0 Å². The number of rotatable bonds is 0. The number of nitrogens with one attached hydrogen (secondary N) is 1. The monoisotopic (exact) mass is 141 g/mol. The van der Waals surface area contributed by atoms with E-state index in [-0.39, 0.29) is 5.91 Å². The molecule has 1 N–H and O–H groups in total. The van der Waals surface area contributed by atoms with Crippen LogP contribution >= 0.6 is 0 Å². The van der Waals surface area contributed by atoms with Gasteiger partial charge in [-0.3, -0.25) is 15.1 Å². The Morgan fingerprint density at radius 1 is 1.60 bits per heavy atom. The lowest BCUT2D eigenvalue weighted by Crippen LogP contribution is -2.43. The molecule has 0 saturated carbocycles. The quantitative estimate of drug-likeness (QED) is 0.490. The molecule has 0 fully saturated rings. The molecule has 1 rings (SSSR count). The summed E-state index contributed by atoms with van der Waals surface area (Å²) in [4.78, 5) is 16.6. The van der Waals surface area contributed by atoms with Crippen molar-refractivity contribution in [2.24, 2.45) is 4.99 Å². The zero-order valence-electron chi connectivity index (χ0n) is 6.22. The molecular formula is C6H11N3O. The third kappa shape index (κ3) is 1.46. The van der Waals surface area contributed by atoms with E-state index in [1.165, 1.54) is 0 Å². The Morgan fingerprint density at radius 2 is 2.30 bits per heavy atom. The summed E-state index contributed by atoms with van der Waals surface area (Å²) in [5, 5.41) is 2.65. The maximum absolute atomic E-state index is 10.8. The molecule has 0 radical (unpaired) electrons. The van der Waals surface area contributed by atoms with Gasteiger partial charge in [0.1, 0.15) is 0 Å². The Balaban J connectivity index is 2.60. The first-order chi connectivity index (χ1) is 4.70. The molecule has 0 aromatic heterocycles. The first-order valence-corrected chi connectivity index (χ1v) is 3.22. The normalized spacial score (nSPS) is 17.8. The maximum Gasteiger partial charge on any atom is 0.228 e. The third-order valence-electron chi connectivity index (χ3n) is 1.28. The van der Waals surface area contributed by atoms with E-state index in [0.29, 0.717) is 18.9 Å². The van der Waals surface area contributed by atoms with E-state index in [1.807, 2.05) is 14.1 Å². The average Bonchev–Trinajstić information content (AvgIpc) is 1.88. The number of hydrogen-bond donors (Lipinski definition) is 1. The second kappa shape index (κ2) is 2.68. The molecule has 1 aliphatic heterocycles. The topological polar surface area (TPSA) is 44.7 Å². The zero-order chi connectivity index (χ0) is 7.56. The standard InChI is InChI=1S/C6H11N3O/c1-9(2)6-7-4-3-5(10)8-6/h3-4H2,1-2H3,(H,7,8,10). The van der Waals surface area contributed by atoms with Gasteiger partial charge in [-0.2, -0.15) is 0 Å². The lowest BCUT2D eigenvalue weighted by molar-refractivity contribution is -0.119. The second-order valence-electron chi connectivity index (χ2n) is 2.40. The van der Waals surface area contributed by atoms with E-state index in [9.17, 15) is 4.79 Å². The first-order valence-electron chi connectivity index (χ1n) is 3.22. The van der Waals surface area contributed by atoms with Gasteiger partial charge < -0.3 is 4.90 Å². The van der Waals surface area contributed by atoms with Crippen LogP contribution in [-0.4, -0.2) is 37.4 Å². The molecule has 0 unspecified atom stereocenters. The van der Waals surface area contributed by atoms with Crippen molar-refractivity contribution < 1.29 is 4.79 Å². The summed E-state index contributed by atoms with van der Waals surface area (Å²) in [7, 11) is 3.70. The van der Waals surface area contributed by atoms with Crippen molar-refractivity contribution in [1.29, 1.82) is 0 Å². The largest absolute Gasteiger partial charge is 0.349 e. The summed E-state index contributed by atoms with van der Waals surface area (Å²) in [6.45, 7) is 0.610. The van der Waals surface area contributed by atoms with Crippen molar-refractivity contribution in [1.82, 2.24) is 10.2 Å². The molecule has 0 atom stereocenters. The highest BCUT2D eigenvalue weighted by atomic mass is 16.1. The van der Waals surface area contributed by atoms with Crippen LogP contribution in [0.15, 0.2) is 4.99 Å². The van der Waals surface area contributed by atoms with Gasteiger partial charge in [-0.1, -0.05) is 0 Å². The van der Waals surface area contributed by atoms with Crippen LogP contribution < -0.4 is 5.32 Å². The van der Waals surface area contributed by atoms with Gasteiger partial charge in [0.15, 0.2) is 5.96 Å². The molecule has 1 aliphatic rings. The molecule has 1 heterocycles. The van der Waals surface area contributed by atoms with E-state index in [0.717, 1.165) is 0 Å². The van der Waals surface area contributed by atoms with E-state index in [1.54, 1.807) is 4.90 Å². The minimum atomic E-state index is 0.0544. The number of nitrogens with zero attached hydrogens (tertiary/aromatic N) is 2. The summed E-state index contributed by atoms with van der Waals surface area (Å²) in [6.07, 6.45) is 0.511. The minimum absolute atomic E-state index is 0.0544. The Kier molecular flexibility index (Phi) is 1.89. The van der Waals surface area contributed by atoms with E-state index in [2.05, 4.69) is 10.3 Å². The van der Waals surface area contributed by atoms with Crippen molar-refractivity contribution >= 4 is 11.9 Å². The van der Waals surface area contributed by atoms with Crippen LogP contribution in [0.2, 0.25) is 0 Å². The van der Waals surface area contributed by atoms with Crippen LogP contribution in [0, 0.1) is 0 Å². The van der Waals surface area contributed by atoms with Crippen LogP contribution in [-0.2, 0) is 4.79 Å². The first kappa shape index (κ1) is 7.05. The van der Waals surface area contributed by atoms with Gasteiger partial charge in [0, 0.05) is 20.5 Å². The summed E-state index contributed by atoms with van der Waals surface area (Å²) in [6, 6.07) is 0. The molecule has 0 aromatic rings. The number of guanidine groups is 1. The molecule has 10 heavy (non-hydrogen) atoms. The number of carbonyl (C=O) groups excluding carboxylic acids is 1. The summed E-state index contributed by atoms with van der Waals surface area (Å²) in [5.41, 5.74) is 0. The van der Waals surface area contributed by atoms with Gasteiger partial charge >= 0.3 is 0 Å². The molecule has 1 amide bonds. The van der Waals surface area contributed by atoms with Crippen molar-refractivity contribution in [2.45, 2.75) is 6.42 Å². The highest BCUT2D eigenvalue weighted by molar-refractivity contribution is 5.98. The molecule has 0 saturated heterocycles. The van der Waals surface area contributed by atoms with Crippen LogP contribution in [0.4, 0.5) is 0 Å². The van der Waals surface area contributed by atoms with Gasteiger partial charge in [-0.15, -0.1) is 0 Å². The fourth-order valence-corrected chi connectivity index (χ4v) is 0.743. The summed E-state index contributed by atoms with van der Waals surface area (Å²) < 4.78 is 0. The van der Waals surface area contributed by atoms with Crippen LogP contribution in [0.3, 0.4) is 0 Å². The maximum atomic E-state index is 10.8. The predicted octanol–water partition coefficient (Wildman–Crippen LogP) is -0.576. The molecule has 56 valence electrons. The lowest BCUT2D eigenvalue weighted by Gasteiger charge is -2.19. The molecule has 0 aliphatic carbocycles. The Hall–Kier alpha value is -1.06. The highest BCUT2D eigenvalue weighted by Crippen LogP contribution is 1.92. The summed E-state index contributed by atoms with van der Waals surface area (Å²) >= 11 is 0. The van der Waals surface area contributed by atoms with Gasteiger partial charge in [0.25, 0.3) is 0 Å². The van der Waals surface area contributed by atoms with Gasteiger partial charge in [-0.25, -0.2) is 0 Å². The van der Waals surface area contributed by atoms with Crippen molar-refractivity contribution in [3.63, 3.8) is 0 Å². The second-order valence-corrected chi connectivity index (χ2v) is 2.40. The number of carbonyl (C=O) groups is 1. The van der Waals surface area contributed by atoms with Crippen LogP contribution in [0.5, 0.6) is 0 Å². The molecule has 0 spiro atoms. The SMILES string of the molecule is CN(C)C1=NCCC(=O)N1. The smallest absolute Gasteiger partial charge is 0.228 e. The molecule has 4 nitrogen and oxygen atoms in total. The fraction of sp³-hybridized carbons (Fsp3) is 0.667. The van der Waals surface area contributed by atoms with Gasteiger partial charge in [-0.05, 0) is 0 Å². The number of amides is 1. The van der Waals surface area contributed by atoms with Gasteiger partial charge in [0.2, 0.25) is 5.91 Å². The lowest BCUT2D eigenvalue weighted by atomic mass is 10.4. The van der Waals surface area contributed by atoms with Crippen molar-refractivity contribution in [3.05, 3.63) is 0 Å². The summed E-state index contributed by atoms with van der Waals surface area (Å²) in [5.74, 6) is 0.718. The Labute approximate surface area is 59.9 Å². The molecule has 4 heteroatoms. The average molecular weight is 141 g/mol. The fourth-order valence-electron chi connectivity index (χ4n) is 0.743. The minimum Gasteiger partial charge on any atom is -0.349 e. The Morgan fingerprint density at radius 3 is 2.70 bits per heavy atom. The van der Waals surface area contributed by atoms with Crippen LogP contribution in [0.1, 0.15) is 6.42 Å². The molecule has 0 bridgehead atoms. The van der Waals surface area contributed by atoms with E-state index >= 15 is 0 Å². The molecule has 0 aromatic carbocycles.